The maximum atomic E-state index is 11.0. The van der Waals surface area contributed by atoms with Gasteiger partial charge in [-0.3, -0.25) is 4.79 Å². The molecule has 1 atom stereocenters. The van der Waals surface area contributed by atoms with Crippen molar-refractivity contribution in [2.24, 2.45) is 11.8 Å². The molecule has 2 saturated heterocycles. The zero-order valence-corrected chi connectivity index (χ0v) is 9.11. The Balaban J connectivity index is 1.70. The lowest BCUT2D eigenvalue weighted by atomic mass is 9.97. The van der Waals surface area contributed by atoms with E-state index in [-0.39, 0.29) is 5.91 Å². The minimum Gasteiger partial charge on any atom is -0.396 e. The summed E-state index contributed by atoms with van der Waals surface area (Å²) in [6, 6.07) is 0. The Labute approximate surface area is 90.6 Å². The van der Waals surface area contributed by atoms with Crippen molar-refractivity contribution < 1.29 is 9.90 Å². The van der Waals surface area contributed by atoms with Crippen LogP contribution >= 0.6 is 0 Å². The largest absolute Gasteiger partial charge is 0.396 e. The fraction of sp³-hybridized carbons (Fsp3) is 0.909. The maximum Gasteiger partial charge on any atom is 0.220 e. The number of carbonyl (C=O) groups excluding carboxylic acids is 1. The van der Waals surface area contributed by atoms with Crippen LogP contribution in [-0.4, -0.2) is 48.7 Å². The molecule has 2 fully saturated rings. The molecule has 0 bridgehead atoms. The zero-order valence-electron chi connectivity index (χ0n) is 9.11. The van der Waals surface area contributed by atoms with Gasteiger partial charge in [0, 0.05) is 26.1 Å². The number of aliphatic hydroxyl groups is 1. The highest BCUT2D eigenvalue weighted by molar-refractivity contribution is 5.78. The molecule has 86 valence electrons. The van der Waals surface area contributed by atoms with Gasteiger partial charge >= 0.3 is 0 Å². The Morgan fingerprint density at radius 1 is 1.33 bits per heavy atom. The van der Waals surface area contributed by atoms with Gasteiger partial charge in [0.1, 0.15) is 0 Å². The summed E-state index contributed by atoms with van der Waals surface area (Å²) in [6.07, 6.45) is 2.90. The lowest BCUT2D eigenvalue weighted by Gasteiger charge is -2.32. The van der Waals surface area contributed by atoms with E-state index in [1.54, 1.807) is 0 Å². The van der Waals surface area contributed by atoms with Crippen LogP contribution in [0, 0.1) is 11.8 Å². The molecular weight excluding hydrogens is 192 g/mol. The molecule has 0 aromatic rings. The number of likely N-dealkylation sites (tertiary alicyclic amines) is 1. The summed E-state index contributed by atoms with van der Waals surface area (Å²) in [5.74, 6) is 1.21. The molecule has 1 unspecified atom stereocenters. The predicted octanol–water partition coefficient (Wildman–Crippen LogP) is -0.173. The van der Waals surface area contributed by atoms with Gasteiger partial charge in [0.15, 0.2) is 0 Å². The molecule has 4 nitrogen and oxygen atoms in total. The van der Waals surface area contributed by atoms with Crippen LogP contribution in [0.4, 0.5) is 0 Å². The minimum absolute atomic E-state index is 0.199. The van der Waals surface area contributed by atoms with Gasteiger partial charge in [-0.05, 0) is 37.8 Å². The third kappa shape index (κ3) is 2.92. The number of aliphatic hydroxyl groups excluding tert-OH is 1. The van der Waals surface area contributed by atoms with Crippen molar-refractivity contribution in [1.82, 2.24) is 10.2 Å². The molecule has 0 aromatic heterocycles. The third-order valence-corrected chi connectivity index (χ3v) is 3.54. The predicted molar refractivity (Wildman–Crippen MR) is 57.4 cm³/mol. The molecule has 4 heteroatoms. The molecule has 0 aliphatic carbocycles. The standard InChI is InChI=1S/C11H20N2O2/c14-8-9-1-3-13(4-2-9)7-10-5-11(15)12-6-10/h9-10,14H,1-8H2,(H,12,15). The summed E-state index contributed by atoms with van der Waals surface area (Å²) >= 11 is 0. The Kier molecular flexibility index (Phi) is 3.59. The number of hydrogen-bond donors (Lipinski definition) is 2. The van der Waals surface area contributed by atoms with E-state index in [0.717, 1.165) is 39.0 Å². The average Bonchev–Trinajstić information content (AvgIpc) is 2.65. The number of carbonyl (C=O) groups is 1. The van der Waals surface area contributed by atoms with Crippen LogP contribution in [0.3, 0.4) is 0 Å². The molecule has 0 radical (unpaired) electrons. The van der Waals surface area contributed by atoms with Crippen LogP contribution in [-0.2, 0) is 4.79 Å². The molecule has 0 saturated carbocycles. The molecule has 2 aliphatic heterocycles. The second kappa shape index (κ2) is 4.94. The molecular formula is C11H20N2O2. The first-order valence-electron chi connectivity index (χ1n) is 5.88. The van der Waals surface area contributed by atoms with Crippen LogP contribution < -0.4 is 5.32 Å². The highest BCUT2D eigenvalue weighted by Crippen LogP contribution is 2.19. The first-order valence-corrected chi connectivity index (χ1v) is 5.88. The second-order valence-corrected chi connectivity index (χ2v) is 4.80. The smallest absolute Gasteiger partial charge is 0.220 e. The van der Waals surface area contributed by atoms with Gasteiger partial charge in [-0.25, -0.2) is 0 Å². The second-order valence-electron chi connectivity index (χ2n) is 4.80. The Morgan fingerprint density at radius 3 is 2.60 bits per heavy atom. The Morgan fingerprint density at radius 2 is 2.07 bits per heavy atom. The first kappa shape index (κ1) is 10.9. The number of piperidine rings is 1. The van der Waals surface area contributed by atoms with Crippen molar-refractivity contribution in [3.05, 3.63) is 0 Å². The van der Waals surface area contributed by atoms with E-state index in [2.05, 4.69) is 10.2 Å². The van der Waals surface area contributed by atoms with Crippen LogP contribution in [0.25, 0.3) is 0 Å². The molecule has 0 spiro atoms. The van der Waals surface area contributed by atoms with E-state index < -0.39 is 0 Å². The fourth-order valence-electron chi connectivity index (χ4n) is 2.51. The highest BCUT2D eigenvalue weighted by atomic mass is 16.3. The molecule has 1 amide bonds. The number of nitrogens with zero attached hydrogens (tertiary/aromatic N) is 1. The van der Waals surface area contributed by atoms with Crippen molar-refractivity contribution in [1.29, 1.82) is 0 Å². The molecule has 2 heterocycles. The van der Waals surface area contributed by atoms with E-state index in [1.807, 2.05) is 0 Å². The number of rotatable bonds is 3. The first-order chi connectivity index (χ1) is 7.28. The molecule has 2 aliphatic rings. The van der Waals surface area contributed by atoms with Gasteiger partial charge in [0.25, 0.3) is 0 Å². The molecule has 0 aromatic carbocycles. The zero-order chi connectivity index (χ0) is 10.7. The van der Waals surface area contributed by atoms with Gasteiger partial charge in [-0.1, -0.05) is 0 Å². The SMILES string of the molecule is O=C1CC(CN2CCC(CO)CC2)CN1. The summed E-state index contributed by atoms with van der Waals surface area (Å²) in [6.45, 7) is 4.37. The van der Waals surface area contributed by atoms with Crippen molar-refractivity contribution >= 4 is 5.91 Å². The summed E-state index contributed by atoms with van der Waals surface area (Å²) < 4.78 is 0. The summed E-state index contributed by atoms with van der Waals surface area (Å²) in [7, 11) is 0. The van der Waals surface area contributed by atoms with Gasteiger partial charge < -0.3 is 15.3 Å². The number of hydrogen-bond acceptors (Lipinski definition) is 3. The molecule has 2 rings (SSSR count). The normalized spacial score (nSPS) is 29.4. The quantitative estimate of drug-likeness (QED) is 0.683. The van der Waals surface area contributed by atoms with Gasteiger partial charge in [0.05, 0.1) is 0 Å². The van der Waals surface area contributed by atoms with Crippen LogP contribution in [0.2, 0.25) is 0 Å². The Bertz CT molecular complexity index is 225. The third-order valence-electron chi connectivity index (χ3n) is 3.54. The number of nitrogens with one attached hydrogen (secondary N) is 1. The van der Waals surface area contributed by atoms with E-state index in [0.29, 0.717) is 24.9 Å². The Hall–Kier alpha value is -0.610. The maximum absolute atomic E-state index is 11.0. The lowest BCUT2D eigenvalue weighted by Crippen LogP contribution is -2.38. The summed E-state index contributed by atoms with van der Waals surface area (Å²) in [5, 5.41) is 11.9. The molecule has 2 N–H and O–H groups in total. The van der Waals surface area contributed by atoms with E-state index >= 15 is 0 Å². The number of amides is 1. The van der Waals surface area contributed by atoms with E-state index in [9.17, 15) is 4.79 Å². The fourth-order valence-corrected chi connectivity index (χ4v) is 2.51. The van der Waals surface area contributed by atoms with Crippen molar-refractivity contribution in [2.45, 2.75) is 19.3 Å². The topological polar surface area (TPSA) is 52.6 Å². The minimum atomic E-state index is 0.199. The van der Waals surface area contributed by atoms with E-state index in [4.69, 9.17) is 5.11 Å². The lowest BCUT2D eigenvalue weighted by molar-refractivity contribution is -0.119. The van der Waals surface area contributed by atoms with Crippen molar-refractivity contribution in [3.63, 3.8) is 0 Å². The van der Waals surface area contributed by atoms with Gasteiger partial charge in [-0.15, -0.1) is 0 Å². The monoisotopic (exact) mass is 212 g/mol. The van der Waals surface area contributed by atoms with Crippen molar-refractivity contribution in [2.75, 3.05) is 32.8 Å². The van der Waals surface area contributed by atoms with Crippen LogP contribution in [0.15, 0.2) is 0 Å². The molecule has 15 heavy (non-hydrogen) atoms. The van der Waals surface area contributed by atoms with E-state index in [1.165, 1.54) is 0 Å². The summed E-state index contributed by atoms with van der Waals surface area (Å²) in [4.78, 5) is 13.5. The van der Waals surface area contributed by atoms with Gasteiger partial charge in [-0.2, -0.15) is 0 Å². The van der Waals surface area contributed by atoms with Crippen LogP contribution in [0.1, 0.15) is 19.3 Å². The summed E-state index contributed by atoms with van der Waals surface area (Å²) in [5.41, 5.74) is 0. The van der Waals surface area contributed by atoms with Gasteiger partial charge in [0.2, 0.25) is 5.91 Å². The van der Waals surface area contributed by atoms with Crippen LogP contribution in [0.5, 0.6) is 0 Å². The highest BCUT2D eigenvalue weighted by Gasteiger charge is 2.25. The van der Waals surface area contributed by atoms with Crippen molar-refractivity contribution in [3.8, 4) is 0 Å². The average molecular weight is 212 g/mol.